The van der Waals surface area contributed by atoms with Crippen LogP contribution in [0, 0.1) is 0 Å². The Labute approximate surface area is 113 Å². The predicted molar refractivity (Wildman–Crippen MR) is 79.3 cm³/mol. The molecule has 0 N–H and O–H groups in total. The Morgan fingerprint density at radius 1 is 1.11 bits per heavy atom. The normalized spacial score (nSPS) is 11.8. The molecular formula is C16H19N3. The number of nitrogens with zero attached hydrogens (tertiary/aromatic N) is 3. The van der Waals surface area contributed by atoms with Crippen LogP contribution in [0.1, 0.15) is 38.3 Å². The molecule has 19 heavy (non-hydrogen) atoms. The number of hydrogen-bond acceptors (Lipinski definition) is 2. The molecule has 0 bridgehead atoms. The lowest BCUT2D eigenvalue weighted by molar-refractivity contribution is 0.624. The van der Waals surface area contributed by atoms with Crippen molar-refractivity contribution in [3.63, 3.8) is 0 Å². The molecule has 0 radical (unpaired) electrons. The predicted octanol–water partition coefficient (Wildman–Crippen LogP) is 4.03. The molecule has 0 saturated heterocycles. The number of rotatable bonds is 3. The Kier molecular flexibility index (Phi) is 2.97. The third kappa shape index (κ3) is 1.81. The lowest BCUT2D eigenvalue weighted by Crippen LogP contribution is -1.98. The summed E-state index contributed by atoms with van der Waals surface area (Å²) < 4.78 is 2.19. The number of hydrogen-bond donors (Lipinski definition) is 0. The average Bonchev–Trinajstić information content (AvgIpc) is 2.74. The fraction of sp³-hybridized carbons (Fsp3) is 0.375. The molecule has 3 aromatic rings. The molecule has 0 atom stereocenters. The van der Waals surface area contributed by atoms with Gasteiger partial charge >= 0.3 is 0 Å². The molecule has 98 valence electrons. The summed E-state index contributed by atoms with van der Waals surface area (Å²) in [4.78, 5) is 8.92. The first-order valence-electron chi connectivity index (χ1n) is 6.94. The average molecular weight is 253 g/mol. The summed E-state index contributed by atoms with van der Waals surface area (Å²) in [5, 5.41) is 2.48. The zero-order valence-electron chi connectivity index (χ0n) is 11.7. The maximum atomic E-state index is 4.66. The molecule has 3 nitrogen and oxygen atoms in total. The molecular weight excluding hydrogens is 234 g/mol. The number of aromatic nitrogens is 3. The molecule has 0 amide bonds. The fourth-order valence-corrected chi connectivity index (χ4v) is 2.89. The van der Waals surface area contributed by atoms with Crippen LogP contribution in [0.5, 0.6) is 0 Å². The third-order valence-electron chi connectivity index (χ3n) is 4.12. The van der Waals surface area contributed by atoms with Crippen molar-refractivity contribution in [2.45, 2.75) is 32.6 Å². The maximum absolute atomic E-state index is 4.66. The summed E-state index contributed by atoms with van der Waals surface area (Å²) in [7, 11) is 2.09. The van der Waals surface area contributed by atoms with E-state index in [9.17, 15) is 0 Å². The lowest BCUT2D eigenvalue weighted by Gasteiger charge is -2.11. The summed E-state index contributed by atoms with van der Waals surface area (Å²) in [6.45, 7) is 4.45. The first-order valence-corrected chi connectivity index (χ1v) is 6.94. The van der Waals surface area contributed by atoms with Gasteiger partial charge in [0.05, 0.1) is 17.2 Å². The van der Waals surface area contributed by atoms with Crippen molar-refractivity contribution in [1.82, 2.24) is 14.5 Å². The molecule has 3 heteroatoms. The quantitative estimate of drug-likeness (QED) is 0.705. The second kappa shape index (κ2) is 4.65. The summed E-state index contributed by atoms with van der Waals surface area (Å²) in [6.07, 6.45) is 8.07. The summed E-state index contributed by atoms with van der Waals surface area (Å²) in [5.74, 6) is 0.552. The molecule has 0 aromatic carbocycles. The van der Waals surface area contributed by atoms with Crippen molar-refractivity contribution in [1.29, 1.82) is 0 Å². The molecule has 0 fully saturated rings. The minimum atomic E-state index is 0.552. The fourth-order valence-electron chi connectivity index (χ4n) is 2.89. The second-order valence-electron chi connectivity index (χ2n) is 5.09. The van der Waals surface area contributed by atoms with Gasteiger partial charge in [-0.1, -0.05) is 13.8 Å². The third-order valence-corrected chi connectivity index (χ3v) is 4.12. The van der Waals surface area contributed by atoms with Gasteiger partial charge in [-0.3, -0.25) is 9.97 Å². The smallest absolute Gasteiger partial charge is 0.0675 e. The van der Waals surface area contributed by atoms with Crippen molar-refractivity contribution in [2.24, 2.45) is 7.05 Å². The zero-order valence-corrected chi connectivity index (χ0v) is 11.7. The molecule has 0 unspecified atom stereocenters. The molecule has 3 heterocycles. The largest absolute Gasteiger partial charge is 0.342 e. The topological polar surface area (TPSA) is 30.7 Å². The zero-order chi connectivity index (χ0) is 13.4. The van der Waals surface area contributed by atoms with Gasteiger partial charge in [0.25, 0.3) is 0 Å². The molecule has 3 aromatic heterocycles. The Bertz CT molecular complexity index is 723. The van der Waals surface area contributed by atoms with E-state index >= 15 is 0 Å². The van der Waals surface area contributed by atoms with Gasteiger partial charge in [-0.2, -0.15) is 0 Å². The Morgan fingerprint density at radius 3 is 2.63 bits per heavy atom. The van der Waals surface area contributed by atoms with Crippen LogP contribution in [0.2, 0.25) is 0 Å². The van der Waals surface area contributed by atoms with Crippen molar-refractivity contribution in [3.8, 4) is 0 Å². The minimum Gasteiger partial charge on any atom is -0.342 e. The lowest BCUT2D eigenvalue weighted by atomic mass is 9.98. The number of fused-ring (bicyclic) bond motifs is 3. The van der Waals surface area contributed by atoms with Crippen LogP contribution >= 0.6 is 0 Å². The van der Waals surface area contributed by atoms with Crippen LogP contribution in [-0.2, 0) is 7.05 Å². The van der Waals surface area contributed by atoms with Gasteiger partial charge in [0.15, 0.2) is 0 Å². The first kappa shape index (κ1) is 12.2. The van der Waals surface area contributed by atoms with E-state index in [1.54, 1.807) is 0 Å². The second-order valence-corrected chi connectivity index (χ2v) is 5.09. The van der Waals surface area contributed by atoms with Crippen molar-refractivity contribution < 1.29 is 0 Å². The molecule has 0 saturated carbocycles. The van der Waals surface area contributed by atoms with E-state index < -0.39 is 0 Å². The molecule has 0 spiro atoms. The van der Waals surface area contributed by atoms with Gasteiger partial charge in [0, 0.05) is 41.8 Å². The van der Waals surface area contributed by atoms with Gasteiger partial charge in [-0.15, -0.1) is 0 Å². The van der Waals surface area contributed by atoms with Crippen LogP contribution in [0.25, 0.3) is 21.8 Å². The van der Waals surface area contributed by atoms with Crippen LogP contribution in [0.4, 0.5) is 0 Å². The van der Waals surface area contributed by atoms with Crippen LogP contribution in [0.15, 0.2) is 30.7 Å². The van der Waals surface area contributed by atoms with Gasteiger partial charge in [-0.25, -0.2) is 0 Å². The van der Waals surface area contributed by atoms with Gasteiger partial charge in [-0.05, 0) is 25.0 Å². The summed E-state index contributed by atoms with van der Waals surface area (Å²) >= 11 is 0. The highest BCUT2D eigenvalue weighted by atomic mass is 15.0. The molecule has 0 aliphatic heterocycles. The molecule has 3 rings (SSSR count). The van der Waals surface area contributed by atoms with Crippen molar-refractivity contribution >= 4 is 21.8 Å². The summed E-state index contributed by atoms with van der Waals surface area (Å²) in [5.41, 5.74) is 3.60. The highest BCUT2D eigenvalue weighted by Crippen LogP contribution is 2.30. The van der Waals surface area contributed by atoms with E-state index in [4.69, 9.17) is 0 Å². The van der Waals surface area contributed by atoms with Crippen LogP contribution in [0.3, 0.4) is 0 Å². The van der Waals surface area contributed by atoms with E-state index in [1.165, 1.54) is 27.5 Å². The maximum Gasteiger partial charge on any atom is 0.0675 e. The summed E-state index contributed by atoms with van der Waals surface area (Å²) in [6, 6.07) is 4.31. The number of pyridine rings is 2. The van der Waals surface area contributed by atoms with Gasteiger partial charge < -0.3 is 4.57 Å². The number of aryl methyl sites for hydroxylation is 1. The van der Waals surface area contributed by atoms with E-state index in [-0.39, 0.29) is 0 Å². The first-order chi connectivity index (χ1) is 9.26. The van der Waals surface area contributed by atoms with E-state index in [0.29, 0.717) is 5.92 Å². The van der Waals surface area contributed by atoms with E-state index in [2.05, 4.69) is 47.6 Å². The Hall–Kier alpha value is -1.90. The Balaban J connectivity index is 2.30. The van der Waals surface area contributed by atoms with E-state index in [0.717, 1.165) is 12.8 Å². The molecule has 0 aliphatic carbocycles. The monoisotopic (exact) mass is 253 g/mol. The minimum absolute atomic E-state index is 0.552. The van der Waals surface area contributed by atoms with Crippen LogP contribution < -0.4 is 0 Å². The van der Waals surface area contributed by atoms with E-state index in [1.807, 2.05) is 18.6 Å². The van der Waals surface area contributed by atoms with Crippen molar-refractivity contribution in [2.75, 3.05) is 0 Å². The van der Waals surface area contributed by atoms with Crippen LogP contribution in [-0.4, -0.2) is 14.5 Å². The highest BCUT2D eigenvalue weighted by Gasteiger charge is 2.13. The highest BCUT2D eigenvalue weighted by molar-refractivity contribution is 6.07. The SMILES string of the molecule is CCC(CC)c1cc2c3cnccc3n(C)c2cn1. The Morgan fingerprint density at radius 2 is 1.89 bits per heavy atom. The standard InChI is InChI=1S/C16H19N3/c1-4-11(5-2)14-8-12-13-9-17-7-6-15(13)19(3)16(12)10-18-14/h6-11H,4-5H2,1-3H3. The van der Waals surface area contributed by atoms with Crippen molar-refractivity contribution in [3.05, 3.63) is 36.4 Å². The van der Waals surface area contributed by atoms with Gasteiger partial charge in [0.1, 0.15) is 0 Å². The molecule has 0 aliphatic rings. The van der Waals surface area contributed by atoms with Gasteiger partial charge in [0.2, 0.25) is 0 Å².